The van der Waals surface area contributed by atoms with E-state index in [2.05, 4.69) is 35.7 Å². The van der Waals surface area contributed by atoms with Crippen molar-refractivity contribution >= 4 is 40.2 Å². The summed E-state index contributed by atoms with van der Waals surface area (Å²) >= 11 is 0. The Labute approximate surface area is 246 Å². The highest BCUT2D eigenvalue weighted by atomic mass is 16.5. The third-order valence-electron chi connectivity index (χ3n) is 7.32. The van der Waals surface area contributed by atoms with Crippen LogP contribution in [0.15, 0.2) is 48.9 Å². The van der Waals surface area contributed by atoms with Crippen molar-refractivity contribution in [2.75, 3.05) is 30.3 Å². The normalized spacial score (nSPS) is 15.1. The first-order valence-electron chi connectivity index (χ1n) is 13.8. The van der Waals surface area contributed by atoms with E-state index in [0.29, 0.717) is 37.0 Å². The molecule has 2 amide bonds. The Morgan fingerprint density at radius 1 is 1.19 bits per heavy atom. The summed E-state index contributed by atoms with van der Waals surface area (Å²) in [6.07, 6.45) is 5.59. The number of hydrogen-bond donors (Lipinski definition) is 4. The second kappa shape index (κ2) is 11.5. The Balaban J connectivity index is 1.13. The van der Waals surface area contributed by atoms with Gasteiger partial charge in [0.25, 0.3) is 5.91 Å². The van der Waals surface area contributed by atoms with Gasteiger partial charge >= 0.3 is 6.01 Å². The SMILES string of the molecule is Cc1cnc(Nc2cc(C)n(C)n2)nc1-c1c[nH]c2c(NC(=O)CN3CCC(Oc4nccc(C(N)=O)n4)C3)cccc12. The molecule has 0 bridgehead atoms. The highest BCUT2D eigenvalue weighted by molar-refractivity contribution is 6.06. The zero-order valence-corrected chi connectivity index (χ0v) is 24.0. The summed E-state index contributed by atoms with van der Waals surface area (Å²) in [6, 6.07) is 9.21. The first-order chi connectivity index (χ1) is 20.7. The number of para-hydroxylation sites is 1. The number of nitrogens with one attached hydrogen (secondary N) is 3. The molecule has 1 atom stereocenters. The fourth-order valence-corrected chi connectivity index (χ4v) is 5.08. The molecule has 220 valence electrons. The van der Waals surface area contributed by atoms with Crippen LogP contribution in [0, 0.1) is 13.8 Å². The minimum absolute atomic E-state index is 0.0902. The van der Waals surface area contributed by atoms with E-state index in [-0.39, 0.29) is 30.3 Å². The number of likely N-dealkylation sites (tertiary alicyclic amines) is 1. The summed E-state index contributed by atoms with van der Waals surface area (Å²) in [5.74, 6) is 0.315. The molecule has 43 heavy (non-hydrogen) atoms. The molecule has 5 N–H and O–H groups in total. The van der Waals surface area contributed by atoms with Crippen molar-refractivity contribution in [2.45, 2.75) is 26.4 Å². The number of aromatic nitrogens is 7. The van der Waals surface area contributed by atoms with E-state index in [1.54, 1.807) is 10.9 Å². The van der Waals surface area contributed by atoms with Crippen molar-refractivity contribution < 1.29 is 14.3 Å². The number of fused-ring (bicyclic) bond motifs is 1. The van der Waals surface area contributed by atoms with Crippen molar-refractivity contribution in [3.63, 3.8) is 0 Å². The van der Waals surface area contributed by atoms with E-state index in [0.717, 1.165) is 33.4 Å². The zero-order chi connectivity index (χ0) is 30.1. The Morgan fingerprint density at radius 2 is 2.05 bits per heavy atom. The molecule has 5 aromatic rings. The second-order valence-corrected chi connectivity index (χ2v) is 10.5. The number of nitrogens with two attached hydrogens (primary N) is 1. The Hall–Kier alpha value is -5.37. The number of aryl methyl sites for hydroxylation is 3. The van der Waals surface area contributed by atoms with Crippen LogP contribution in [0.1, 0.15) is 28.2 Å². The summed E-state index contributed by atoms with van der Waals surface area (Å²) in [6.45, 7) is 5.32. The van der Waals surface area contributed by atoms with Gasteiger partial charge in [-0.1, -0.05) is 12.1 Å². The van der Waals surface area contributed by atoms with Crippen molar-refractivity contribution in [3.05, 3.63) is 65.9 Å². The number of H-pyrrole nitrogens is 1. The number of rotatable bonds is 9. The van der Waals surface area contributed by atoms with Crippen molar-refractivity contribution in [1.82, 2.24) is 39.6 Å². The van der Waals surface area contributed by atoms with Gasteiger partial charge in [-0.15, -0.1) is 0 Å². The number of carbonyl (C=O) groups excluding carboxylic acids is 2. The van der Waals surface area contributed by atoms with Gasteiger partial charge in [0.1, 0.15) is 11.8 Å². The number of primary amides is 1. The molecule has 0 saturated carbocycles. The molecule has 0 radical (unpaired) electrons. The lowest BCUT2D eigenvalue weighted by Crippen LogP contribution is -2.33. The smallest absolute Gasteiger partial charge is 0.317 e. The summed E-state index contributed by atoms with van der Waals surface area (Å²) in [5, 5.41) is 11.6. The molecule has 6 rings (SSSR count). The predicted molar refractivity (Wildman–Crippen MR) is 160 cm³/mol. The van der Waals surface area contributed by atoms with Gasteiger partial charge in [-0.2, -0.15) is 10.1 Å². The molecular formula is C29H31N11O3. The summed E-state index contributed by atoms with van der Waals surface area (Å²) < 4.78 is 7.61. The van der Waals surface area contributed by atoms with Gasteiger partial charge in [0, 0.05) is 61.4 Å². The van der Waals surface area contributed by atoms with E-state index in [4.69, 9.17) is 15.5 Å². The van der Waals surface area contributed by atoms with Crippen LogP contribution >= 0.6 is 0 Å². The molecule has 1 aliphatic rings. The maximum atomic E-state index is 13.1. The monoisotopic (exact) mass is 581 g/mol. The first-order valence-corrected chi connectivity index (χ1v) is 13.8. The highest BCUT2D eigenvalue weighted by Gasteiger charge is 2.27. The van der Waals surface area contributed by atoms with Crippen LogP contribution in [-0.2, 0) is 11.8 Å². The van der Waals surface area contributed by atoms with Crippen LogP contribution in [0.3, 0.4) is 0 Å². The Morgan fingerprint density at radius 3 is 2.84 bits per heavy atom. The molecule has 4 aromatic heterocycles. The van der Waals surface area contributed by atoms with Crippen LogP contribution in [0.4, 0.5) is 17.5 Å². The first kappa shape index (κ1) is 27.8. The number of ether oxygens (including phenoxy) is 1. The second-order valence-electron chi connectivity index (χ2n) is 10.5. The maximum Gasteiger partial charge on any atom is 0.317 e. The molecule has 14 nitrogen and oxygen atoms in total. The standard InChI is InChI=1S/C29H31N11O3/c1-16-12-33-28(36-23-11-17(2)39(3)38-23)37-25(16)20-13-32-26-19(20)5-4-6-21(26)34-24(41)15-40-10-8-18(14-40)43-29-31-9-7-22(35-29)27(30)42/h4-7,9,11-13,18,32H,8,10,14-15H2,1-3H3,(H2,30,42)(H,34,41)(H,33,36,37,38). The van der Waals surface area contributed by atoms with Gasteiger partial charge in [0.05, 0.1) is 23.4 Å². The van der Waals surface area contributed by atoms with E-state index >= 15 is 0 Å². The lowest BCUT2D eigenvalue weighted by Gasteiger charge is -2.16. The fraction of sp³-hybridized carbons (Fsp3) is 0.276. The Bertz CT molecular complexity index is 1810. The number of anilines is 3. The number of amides is 2. The van der Waals surface area contributed by atoms with Gasteiger partial charge < -0.3 is 26.1 Å². The molecular weight excluding hydrogens is 550 g/mol. The summed E-state index contributed by atoms with van der Waals surface area (Å²) in [4.78, 5) is 47.1. The molecule has 1 saturated heterocycles. The predicted octanol–water partition coefficient (Wildman–Crippen LogP) is 2.70. The van der Waals surface area contributed by atoms with Crippen LogP contribution < -0.4 is 21.1 Å². The third kappa shape index (κ3) is 5.99. The minimum Gasteiger partial charge on any atom is -0.459 e. The van der Waals surface area contributed by atoms with E-state index in [1.807, 2.05) is 56.3 Å². The van der Waals surface area contributed by atoms with E-state index < -0.39 is 5.91 Å². The van der Waals surface area contributed by atoms with Crippen molar-refractivity contribution in [2.24, 2.45) is 12.8 Å². The van der Waals surface area contributed by atoms with Gasteiger partial charge in [-0.25, -0.2) is 15.0 Å². The molecule has 0 aliphatic carbocycles. The van der Waals surface area contributed by atoms with Gasteiger partial charge in [-0.3, -0.25) is 19.2 Å². The number of carbonyl (C=O) groups is 2. The average molecular weight is 582 g/mol. The Kier molecular flexibility index (Phi) is 7.42. The molecule has 1 fully saturated rings. The van der Waals surface area contributed by atoms with Gasteiger partial charge in [-0.05, 0) is 38.0 Å². The van der Waals surface area contributed by atoms with Crippen LogP contribution in [-0.4, -0.2) is 77.2 Å². The number of benzene rings is 1. The van der Waals surface area contributed by atoms with Crippen LogP contribution in [0.2, 0.25) is 0 Å². The lowest BCUT2D eigenvalue weighted by atomic mass is 10.1. The molecule has 5 heterocycles. The van der Waals surface area contributed by atoms with Crippen LogP contribution in [0.5, 0.6) is 6.01 Å². The quantitative estimate of drug-likeness (QED) is 0.202. The number of hydrogen-bond acceptors (Lipinski definition) is 10. The topological polar surface area (TPSA) is 182 Å². The molecule has 1 aromatic carbocycles. The molecule has 0 spiro atoms. The van der Waals surface area contributed by atoms with Crippen LogP contribution in [0.25, 0.3) is 22.2 Å². The van der Waals surface area contributed by atoms with E-state index in [1.165, 1.54) is 12.3 Å². The third-order valence-corrected chi connectivity index (χ3v) is 7.32. The number of aromatic amines is 1. The zero-order valence-electron chi connectivity index (χ0n) is 24.0. The molecule has 1 aliphatic heterocycles. The molecule has 1 unspecified atom stereocenters. The van der Waals surface area contributed by atoms with Crippen molar-refractivity contribution in [3.8, 4) is 17.3 Å². The minimum atomic E-state index is -0.647. The van der Waals surface area contributed by atoms with E-state index in [9.17, 15) is 9.59 Å². The van der Waals surface area contributed by atoms with Gasteiger partial charge in [0.15, 0.2) is 5.82 Å². The average Bonchev–Trinajstić information content (AvgIpc) is 3.69. The van der Waals surface area contributed by atoms with Gasteiger partial charge in [0.2, 0.25) is 11.9 Å². The summed E-state index contributed by atoms with van der Waals surface area (Å²) in [5.41, 5.74) is 10.4. The largest absolute Gasteiger partial charge is 0.459 e. The van der Waals surface area contributed by atoms with Crippen molar-refractivity contribution in [1.29, 1.82) is 0 Å². The summed E-state index contributed by atoms with van der Waals surface area (Å²) in [7, 11) is 1.88. The lowest BCUT2D eigenvalue weighted by molar-refractivity contribution is -0.117. The molecule has 14 heteroatoms. The highest BCUT2D eigenvalue weighted by Crippen LogP contribution is 2.33. The number of nitrogens with zero attached hydrogens (tertiary/aromatic N) is 7. The fourth-order valence-electron chi connectivity index (χ4n) is 5.08. The maximum absolute atomic E-state index is 13.1.